The van der Waals surface area contributed by atoms with Crippen LogP contribution < -0.4 is 17.2 Å². The maximum Gasteiger partial charge on any atom is 0.185 e. The van der Waals surface area contributed by atoms with Gasteiger partial charge in [-0.15, -0.1) is 0 Å². The van der Waals surface area contributed by atoms with Crippen LogP contribution >= 0.6 is 0 Å². The van der Waals surface area contributed by atoms with E-state index in [0.29, 0.717) is 0 Å². The largest absolute Gasteiger partial charge is 0.398 e. The maximum absolute atomic E-state index is 14.9. The molecule has 0 aromatic heterocycles. The van der Waals surface area contributed by atoms with Crippen LogP contribution in [-0.4, -0.2) is 0 Å². The third-order valence-electron chi connectivity index (χ3n) is 6.42. The second-order valence-corrected chi connectivity index (χ2v) is 8.72. The second kappa shape index (κ2) is 10.9. The van der Waals surface area contributed by atoms with Crippen LogP contribution in [-0.2, 0) is 0 Å². The van der Waals surface area contributed by atoms with E-state index in [9.17, 15) is 57.9 Å². The highest BCUT2D eigenvalue weighted by molar-refractivity contribution is 6.08. The zero-order valence-corrected chi connectivity index (χ0v) is 21.1. The lowest BCUT2D eigenvalue weighted by atomic mass is 10.00. The number of hydrogen-bond donors (Lipinski definition) is 3. The molecule has 1 fully saturated rings. The van der Waals surface area contributed by atoms with E-state index in [1.54, 1.807) is 0 Å². The minimum absolute atomic E-state index is 0.802. The van der Waals surface area contributed by atoms with Crippen molar-refractivity contribution < 1.29 is 52.7 Å². The molecule has 0 spiro atoms. The van der Waals surface area contributed by atoms with Gasteiger partial charge in [-0.05, 0) is 0 Å². The number of benzene rings is 3. The second-order valence-electron chi connectivity index (χ2n) is 8.72. The van der Waals surface area contributed by atoms with E-state index >= 15 is 0 Å². The van der Waals surface area contributed by atoms with Crippen molar-refractivity contribution >= 4 is 22.7 Å². The first kappa shape index (κ1) is 31.8. The van der Waals surface area contributed by atoms with Gasteiger partial charge in [0.25, 0.3) is 0 Å². The van der Waals surface area contributed by atoms with Crippen LogP contribution in [0.25, 0.3) is 17.0 Å². The first-order chi connectivity index (χ1) is 21.0. The average Bonchev–Trinajstić information content (AvgIpc) is 3.75. The molecule has 3 aromatic rings. The molecule has 1 aliphatic rings. The number of anilines is 1. The standard InChI is InChI=1S/C27H6F12N6/c28-13-5(2-41)14(29)18(33)8(17(13)32)4(1-40)7-9(25(43)11-19(34)15(30)6(3-42)16(31)20(11)35)10(7)26(44)12-21(36)23(38)27(45)24(39)22(12)37/h43-45H2/b7-4-,25-9?,26-10+. The molecule has 0 unspecified atom stereocenters. The van der Waals surface area contributed by atoms with E-state index in [4.69, 9.17) is 27.7 Å². The third-order valence-corrected chi connectivity index (χ3v) is 6.42. The molecular formula is C27H6F12N6. The SMILES string of the molecule is N#C/C(=C1\C(=C(N)c2c(F)c(F)c(C#N)c(F)c2F)\C1=C(\N)c1c(F)c(F)c(N)c(F)c1F)c1c(F)c(F)c(C#N)c(F)c1F. The zero-order chi connectivity index (χ0) is 34.0. The third kappa shape index (κ3) is 4.36. The molecule has 45 heavy (non-hydrogen) atoms. The van der Waals surface area contributed by atoms with Crippen molar-refractivity contribution in [1.29, 1.82) is 15.8 Å². The Bertz CT molecular complexity index is 2060. The summed E-state index contributed by atoms with van der Waals surface area (Å²) in [5.74, 6) is -28.3. The molecule has 228 valence electrons. The number of hydrogen-bond acceptors (Lipinski definition) is 6. The molecule has 0 aliphatic heterocycles. The van der Waals surface area contributed by atoms with Crippen molar-refractivity contribution in [2.45, 2.75) is 0 Å². The summed E-state index contributed by atoms with van der Waals surface area (Å²) >= 11 is 0. The highest BCUT2D eigenvalue weighted by Crippen LogP contribution is 2.55. The van der Waals surface area contributed by atoms with Gasteiger partial charge >= 0.3 is 0 Å². The molecule has 4 rings (SSSR count). The van der Waals surface area contributed by atoms with Gasteiger partial charge in [0.1, 0.15) is 35.0 Å². The van der Waals surface area contributed by atoms with Gasteiger partial charge in [0.15, 0.2) is 69.8 Å². The number of nitrogens with zero attached hydrogens (tertiary/aromatic N) is 3. The molecule has 0 bridgehead atoms. The van der Waals surface area contributed by atoms with Crippen LogP contribution in [0.4, 0.5) is 58.4 Å². The van der Waals surface area contributed by atoms with E-state index in [-0.39, 0.29) is 0 Å². The van der Waals surface area contributed by atoms with Crippen LogP contribution in [0.5, 0.6) is 0 Å². The number of halogens is 12. The van der Waals surface area contributed by atoms with Gasteiger partial charge in [-0.25, -0.2) is 52.7 Å². The van der Waals surface area contributed by atoms with Crippen LogP contribution in [0.1, 0.15) is 27.8 Å². The lowest BCUT2D eigenvalue weighted by Crippen LogP contribution is -2.11. The van der Waals surface area contributed by atoms with Gasteiger partial charge in [0, 0.05) is 16.7 Å². The molecular weight excluding hydrogens is 636 g/mol. The summed E-state index contributed by atoms with van der Waals surface area (Å²) in [6.07, 6.45) is 0. The monoisotopic (exact) mass is 642 g/mol. The highest BCUT2D eigenvalue weighted by atomic mass is 19.2. The number of nitriles is 3. The fourth-order valence-corrected chi connectivity index (χ4v) is 4.26. The minimum atomic E-state index is -2.44. The Morgan fingerprint density at radius 1 is 0.422 bits per heavy atom. The smallest absolute Gasteiger partial charge is 0.185 e. The molecule has 1 aliphatic carbocycles. The molecule has 6 N–H and O–H groups in total. The lowest BCUT2D eigenvalue weighted by molar-refractivity contribution is 0.446. The van der Waals surface area contributed by atoms with Gasteiger partial charge in [-0.2, -0.15) is 15.8 Å². The molecule has 0 heterocycles. The van der Waals surface area contributed by atoms with Crippen molar-refractivity contribution in [2.24, 2.45) is 11.5 Å². The summed E-state index contributed by atoms with van der Waals surface area (Å²) in [5, 5.41) is 27.3. The van der Waals surface area contributed by atoms with E-state index in [0.717, 1.165) is 18.2 Å². The van der Waals surface area contributed by atoms with Crippen LogP contribution in [0.3, 0.4) is 0 Å². The van der Waals surface area contributed by atoms with Gasteiger partial charge in [0.05, 0.1) is 33.7 Å². The van der Waals surface area contributed by atoms with Crippen LogP contribution in [0.15, 0.2) is 16.7 Å². The summed E-state index contributed by atoms with van der Waals surface area (Å²) in [4.78, 5) is 0. The summed E-state index contributed by atoms with van der Waals surface area (Å²) in [6, 6.07) is 2.64. The summed E-state index contributed by atoms with van der Waals surface area (Å²) in [7, 11) is 0. The van der Waals surface area contributed by atoms with E-state index in [1.807, 2.05) is 0 Å². The number of nitrogens with two attached hydrogens (primary N) is 3. The minimum Gasteiger partial charge on any atom is -0.398 e. The van der Waals surface area contributed by atoms with E-state index in [1.165, 1.54) is 0 Å². The predicted octanol–water partition coefficient (Wildman–Crippen LogP) is 5.71. The van der Waals surface area contributed by atoms with Crippen molar-refractivity contribution in [3.05, 3.63) is 114 Å². The fourth-order valence-electron chi connectivity index (χ4n) is 4.26. The molecule has 18 heteroatoms. The van der Waals surface area contributed by atoms with E-state index < -0.39 is 137 Å². The maximum atomic E-state index is 14.9. The molecule has 3 aromatic carbocycles. The molecule has 6 nitrogen and oxygen atoms in total. The predicted molar refractivity (Wildman–Crippen MR) is 127 cm³/mol. The van der Waals surface area contributed by atoms with Crippen molar-refractivity contribution in [1.82, 2.24) is 0 Å². The van der Waals surface area contributed by atoms with Gasteiger partial charge in [-0.3, -0.25) is 0 Å². The molecule has 0 atom stereocenters. The Labute approximate surface area is 241 Å². The van der Waals surface area contributed by atoms with Gasteiger partial charge in [0.2, 0.25) is 0 Å². The first-order valence-corrected chi connectivity index (χ1v) is 11.3. The molecule has 0 saturated heterocycles. The summed E-state index contributed by atoms with van der Waals surface area (Å²) in [6.45, 7) is 0. The molecule has 0 amide bonds. The number of nitrogen functional groups attached to an aromatic ring is 1. The Morgan fingerprint density at radius 2 is 0.711 bits per heavy atom. The van der Waals surface area contributed by atoms with Crippen molar-refractivity contribution in [3.8, 4) is 18.2 Å². The number of allylic oxidation sites excluding steroid dienone is 4. The Balaban J connectivity index is 2.28. The Morgan fingerprint density at radius 3 is 1.00 bits per heavy atom. The van der Waals surface area contributed by atoms with Crippen LogP contribution in [0.2, 0.25) is 0 Å². The van der Waals surface area contributed by atoms with Crippen LogP contribution in [0, 0.1) is 104 Å². The topological polar surface area (TPSA) is 149 Å². The van der Waals surface area contributed by atoms with Crippen molar-refractivity contribution in [3.63, 3.8) is 0 Å². The highest BCUT2D eigenvalue weighted by Gasteiger charge is 2.45. The Hall–Kier alpha value is -6.09. The normalized spacial score (nSPS) is 15.7. The zero-order valence-electron chi connectivity index (χ0n) is 21.1. The van der Waals surface area contributed by atoms with E-state index in [2.05, 4.69) is 0 Å². The molecule has 1 saturated carbocycles. The summed E-state index contributed by atoms with van der Waals surface area (Å²) < 4.78 is 175. The van der Waals surface area contributed by atoms with Gasteiger partial charge < -0.3 is 17.2 Å². The fraction of sp³-hybridized carbons (Fsp3) is 0. The average molecular weight is 642 g/mol. The first-order valence-electron chi connectivity index (χ1n) is 11.3. The lowest BCUT2D eigenvalue weighted by Gasteiger charge is -2.10. The quantitative estimate of drug-likeness (QED) is 0.144. The Kier molecular flexibility index (Phi) is 7.69. The van der Waals surface area contributed by atoms with Crippen molar-refractivity contribution in [2.75, 3.05) is 5.73 Å². The van der Waals surface area contributed by atoms with Gasteiger partial charge in [-0.1, -0.05) is 0 Å². The number of rotatable bonds is 3. The summed E-state index contributed by atoms with van der Waals surface area (Å²) in [5.41, 5.74) is -3.24. The molecule has 0 radical (unpaired) electrons.